The summed E-state index contributed by atoms with van der Waals surface area (Å²) < 4.78 is 37.0. The van der Waals surface area contributed by atoms with Crippen LogP contribution >= 0.6 is 0 Å². The van der Waals surface area contributed by atoms with Gasteiger partial charge in [0.2, 0.25) is 0 Å². The molecule has 0 aliphatic carbocycles. The summed E-state index contributed by atoms with van der Waals surface area (Å²) in [5.41, 5.74) is -0.698. The third-order valence-corrected chi connectivity index (χ3v) is 2.48. The Balaban J connectivity index is 2.65. The Kier molecular flexibility index (Phi) is 4.95. The maximum Gasteiger partial charge on any atom is 0.416 e. The van der Waals surface area contributed by atoms with Crippen LogP contribution in [0.5, 0.6) is 0 Å². The van der Waals surface area contributed by atoms with Crippen LogP contribution in [0.1, 0.15) is 18.9 Å². The summed E-state index contributed by atoms with van der Waals surface area (Å²) >= 11 is 0. The van der Waals surface area contributed by atoms with Gasteiger partial charge in [-0.05, 0) is 30.7 Å². The molecule has 0 spiro atoms. The van der Waals surface area contributed by atoms with Crippen LogP contribution in [0.25, 0.3) is 0 Å². The fourth-order valence-corrected chi connectivity index (χ4v) is 1.41. The normalized spacial score (nSPS) is 12.6. The molecule has 0 saturated heterocycles. The lowest BCUT2D eigenvalue weighted by Gasteiger charge is -2.13. The van der Waals surface area contributed by atoms with E-state index in [4.69, 9.17) is 5.11 Å². The van der Waals surface area contributed by atoms with Gasteiger partial charge in [0.05, 0.1) is 5.56 Å². The topological polar surface area (TPSA) is 78.4 Å². The molecule has 20 heavy (non-hydrogen) atoms. The van der Waals surface area contributed by atoms with Gasteiger partial charge in [0.15, 0.2) is 0 Å². The van der Waals surface area contributed by atoms with Gasteiger partial charge >= 0.3 is 18.2 Å². The summed E-state index contributed by atoms with van der Waals surface area (Å²) in [4.78, 5) is 22.2. The SMILES string of the molecule is CC[C@H](NC(=O)Nc1ccc(C(F)(F)F)cc1)C(=O)O. The number of hydrogen-bond donors (Lipinski definition) is 3. The van der Waals surface area contributed by atoms with Crippen molar-refractivity contribution in [1.29, 1.82) is 0 Å². The Morgan fingerprint density at radius 3 is 2.20 bits per heavy atom. The second kappa shape index (κ2) is 6.27. The standard InChI is InChI=1S/C12H13F3N2O3/c1-2-9(10(18)19)17-11(20)16-8-5-3-7(4-6-8)12(13,14)15/h3-6,9H,2H2,1H3,(H,18,19)(H2,16,17,20)/t9-/m0/s1. The molecule has 0 radical (unpaired) electrons. The van der Waals surface area contributed by atoms with E-state index >= 15 is 0 Å². The first kappa shape index (κ1) is 15.8. The number of anilines is 1. The monoisotopic (exact) mass is 290 g/mol. The van der Waals surface area contributed by atoms with E-state index in [2.05, 4.69) is 10.6 Å². The fourth-order valence-electron chi connectivity index (χ4n) is 1.41. The molecule has 0 fully saturated rings. The highest BCUT2D eigenvalue weighted by atomic mass is 19.4. The molecule has 0 bridgehead atoms. The van der Waals surface area contributed by atoms with Crippen molar-refractivity contribution in [1.82, 2.24) is 5.32 Å². The Bertz CT molecular complexity index is 486. The zero-order chi connectivity index (χ0) is 15.3. The zero-order valence-corrected chi connectivity index (χ0v) is 10.5. The molecule has 0 heterocycles. The van der Waals surface area contributed by atoms with Crippen molar-refractivity contribution >= 4 is 17.7 Å². The van der Waals surface area contributed by atoms with Crippen LogP contribution in [0.2, 0.25) is 0 Å². The molecule has 0 unspecified atom stereocenters. The first-order valence-electron chi connectivity index (χ1n) is 5.71. The van der Waals surface area contributed by atoms with Gasteiger partial charge in [0.25, 0.3) is 0 Å². The molecule has 1 aromatic carbocycles. The van der Waals surface area contributed by atoms with Crippen molar-refractivity contribution in [3.8, 4) is 0 Å². The predicted molar refractivity (Wildman–Crippen MR) is 65.3 cm³/mol. The second-order valence-corrected chi connectivity index (χ2v) is 3.97. The van der Waals surface area contributed by atoms with Crippen molar-refractivity contribution in [2.45, 2.75) is 25.6 Å². The second-order valence-electron chi connectivity index (χ2n) is 3.97. The number of rotatable bonds is 4. The number of carboxylic acids is 1. The van der Waals surface area contributed by atoms with Crippen molar-refractivity contribution in [2.24, 2.45) is 0 Å². The highest BCUT2D eigenvalue weighted by Gasteiger charge is 2.30. The third-order valence-electron chi connectivity index (χ3n) is 2.48. The average Bonchev–Trinajstić information content (AvgIpc) is 2.35. The number of carboxylic acid groups (broad SMARTS) is 1. The van der Waals surface area contributed by atoms with E-state index < -0.39 is 29.8 Å². The van der Waals surface area contributed by atoms with Gasteiger partial charge in [0, 0.05) is 5.69 Å². The summed E-state index contributed by atoms with van der Waals surface area (Å²) in [5, 5.41) is 13.2. The molecule has 0 saturated carbocycles. The summed E-state index contributed by atoms with van der Waals surface area (Å²) in [5.74, 6) is -1.19. The molecule has 1 rings (SSSR count). The molecular formula is C12H13F3N2O3. The van der Waals surface area contributed by atoms with E-state index in [1.807, 2.05) is 0 Å². The molecule has 0 aliphatic rings. The molecule has 8 heteroatoms. The minimum absolute atomic E-state index is 0.135. The number of hydrogen-bond acceptors (Lipinski definition) is 2. The molecule has 1 aromatic rings. The molecular weight excluding hydrogens is 277 g/mol. The summed E-state index contributed by atoms with van der Waals surface area (Å²) in [6.45, 7) is 1.58. The van der Waals surface area contributed by atoms with Gasteiger partial charge in [-0.1, -0.05) is 6.92 Å². The highest BCUT2D eigenvalue weighted by molar-refractivity contribution is 5.92. The number of nitrogens with one attached hydrogen (secondary N) is 2. The lowest BCUT2D eigenvalue weighted by atomic mass is 10.2. The van der Waals surface area contributed by atoms with Gasteiger partial charge in [-0.2, -0.15) is 13.2 Å². The summed E-state index contributed by atoms with van der Waals surface area (Å²) in [7, 11) is 0. The molecule has 0 aliphatic heterocycles. The lowest BCUT2D eigenvalue weighted by molar-refractivity contribution is -0.139. The van der Waals surface area contributed by atoms with E-state index in [-0.39, 0.29) is 12.1 Å². The Hall–Kier alpha value is -2.25. The minimum atomic E-state index is -4.45. The summed E-state index contributed by atoms with van der Waals surface area (Å²) in [6, 6.07) is 1.98. The predicted octanol–water partition coefficient (Wildman–Crippen LogP) is 2.69. The maximum absolute atomic E-state index is 12.3. The van der Waals surface area contributed by atoms with Crippen molar-refractivity contribution in [3.05, 3.63) is 29.8 Å². The average molecular weight is 290 g/mol. The van der Waals surface area contributed by atoms with Crippen LogP contribution in [0.3, 0.4) is 0 Å². The number of carbonyl (C=O) groups excluding carboxylic acids is 1. The van der Waals surface area contributed by atoms with Gasteiger partial charge < -0.3 is 15.7 Å². The lowest BCUT2D eigenvalue weighted by Crippen LogP contribution is -2.42. The number of benzene rings is 1. The van der Waals surface area contributed by atoms with Gasteiger partial charge in [0.1, 0.15) is 6.04 Å². The van der Waals surface area contributed by atoms with Crippen LogP contribution in [0, 0.1) is 0 Å². The Morgan fingerprint density at radius 1 is 1.25 bits per heavy atom. The number of aliphatic carboxylic acids is 1. The van der Waals surface area contributed by atoms with Crippen molar-refractivity contribution < 1.29 is 27.9 Å². The van der Waals surface area contributed by atoms with Crippen molar-refractivity contribution in [2.75, 3.05) is 5.32 Å². The van der Waals surface area contributed by atoms with E-state index in [0.717, 1.165) is 24.3 Å². The van der Waals surface area contributed by atoms with E-state index in [9.17, 15) is 22.8 Å². The van der Waals surface area contributed by atoms with Gasteiger partial charge in [-0.15, -0.1) is 0 Å². The largest absolute Gasteiger partial charge is 0.480 e. The van der Waals surface area contributed by atoms with E-state index in [1.54, 1.807) is 6.92 Å². The molecule has 1 atom stereocenters. The van der Waals surface area contributed by atoms with E-state index in [1.165, 1.54) is 0 Å². The van der Waals surface area contributed by atoms with Crippen LogP contribution < -0.4 is 10.6 Å². The fraction of sp³-hybridized carbons (Fsp3) is 0.333. The molecule has 0 aromatic heterocycles. The highest BCUT2D eigenvalue weighted by Crippen LogP contribution is 2.29. The van der Waals surface area contributed by atoms with Crippen molar-refractivity contribution in [3.63, 3.8) is 0 Å². The molecule has 5 nitrogen and oxygen atoms in total. The smallest absolute Gasteiger partial charge is 0.416 e. The number of amides is 2. The van der Waals surface area contributed by atoms with Crippen LogP contribution in [0.4, 0.5) is 23.7 Å². The van der Waals surface area contributed by atoms with Crippen LogP contribution in [-0.4, -0.2) is 23.1 Å². The van der Waals surface area contributed by atoms with E-state index in [0.29, 0.717) is 0 Å². The van der Waals surface area contributed by atoms with Crippen LogP contribution in [-0.2, 0) is 11.0 Å². The molecule has 110 valence electrons. The Morgan fingerprint density at radius 2 is 1.80 bits per heavy atom. The van der Waals surface area contributed by atoms with Gasteiger partial charge in [-0.25, -0.2) is 9.59 Å². The quantitative estimate of drug-likeness (QED) is 0.797. The van der Waals surface area contributed by atoms with Crippen LogP contribution in [0.15, 0.2) is 24.3 Å². The van der Waals surface area contributed by atoms with Gasteiger partial charge in [-0.3, -0.25) is 0 Å². The third kappa shape index (κ3) is 4.45. The number of carbonyl (C=O) groups is 2. The number of alkyl halides is 3. The molecule has 2 amide bonds. The number of halogens is 3. The molecule has 3 N–H and O–H groups in total. The first-order valence-corrected chi connectivity index (χ1v) is 5.71. The number of urea groups is 1. The minimum Gasteiger partial charge on any atom is -0.480 e. The summed E-state index contributed by atoms with van der Waals surface area (Å²) in [6.07, 6.45) is -4.26. The zero-order valence-electron chi connectivity index (χ0n) is 10.5. The maximum atomic E-state index is 12.3. The first-order chi connectivity index (χ1) is 9.24. The Labute approximate surface area is 112 Å².